The van der Waals surface area contributed by atoms with Crippen molar-refractivity contribution in [1.82, 2.24) is 0 Å². The van der Waals surface area contributed by atoms with Crippen molar-refractivity contribution in [3.05, 3.63) is 42.0 Å². The smallest absolute Gasteiger partial charge is 0.243 e. The van der Waals surface area contributed by atoms with E-state index in [4.69, 9.17) is 9.47 Å². The molecule has 3 N–H and O–H groups in total. The number of amides is 2. The molecule has 7 nitrogen and oxygen atoms in total. The second-order valence-electron chi connectivity index (χ2n) is 6.71. The highest BCUT2D eigenvalue weighted by Crippen LogP contribution is 2.32. The van der Waals surface area contributed by atoms with E-state index < -0.39 is 0 Å². The molecule has 2 aromatic carbocycles. The normalized spacial score (nSPS) is 12.8. The van der Waals surface area contributed by atoms with Gasteiger partial charge in [0.05, 0.1) is 26.5 Å². The van der Waals surface area contributed by atoms with Crippen LogP contribution in [0.4, 0.5) is 17.1 Å². The molecule has 0 heterocycles. The first-order chi connectivity index (χ1) is 13.5. The monoisotopic (exact) mass is 383 g/mol. The Hall–Kier alpha value is -3.22. The van der Waals surface area contributed by atoms with E-state index in [-0.39, 0.29) is 24.3 Å². The average molecular weight is 383 g/mol. The van der Waals surface area contributed by atoms with Crippen molar-refractivity contribution in [2.24, 2.45) is 5.92 Å². The molecule has 0 atom stereocenters. The topological polar surface area (TPSA) is 88.7 Å². The number of carbonyl (C=O) groups is 2. The fourth-order valence-corrected chi connectivity index (χ4v) is 2.81. The van der Waals surface area contributed by atoms with Gasteiger partial charge in [-0.3, -0.25) is 9.59 Å². The quantitative estimate of drug-likeness (QED) is 0.650. The van der Waals surface area contributed by atoms with Gasteiger partial charge < -0.3 is 25.4 Å². The Balaban J connectivity index is 1.63. The van der Waals surface area contributed by atoms with E-state index in [0.29, 0.717) is 22.9 Å². The third-order valence-electron chi connectivity index (χ3n) is 4.66. The number of carbonyl (C=O) groups excluding carboxylic acids is 2. The highest BCUT2D eigenvalue weighted by atomic mass is 16.5. The molecule has 0 saturated heterocycles. The molecule has 1 aliphatic rings. The Bertz CT molecular complexity index is 878. The van der Waals surface area contributed by atoms with Crippen LogP contribution in [0.5, 0.6) is 11.5 Å². The van der Waals surface area contributed by atoms with Crippen molar-refractivity contribution in [3.63, 3.8) is 0 Å². The van der Waals surface area contributed by atoms with Crippen LogP contribution in [0.25, 0.3) is 0 Å². The van der Waals surface area contributed by atoms with Crippen LogP contribution in [-0.2, 0) is 9.59 Å². The first-order valence-electron chi connectivity index (χ1n) is 9.18. The number of ether oxygens (including phenoxy) is 2. The predicted octanol–water partition coefficient (Wildman–Crippen LogP) is 3.41. The summed E-state index contributed by atoms with van der Waals surface area (Å²) in [6.45, 7) is 1.93. The summed E-state index contributed by atoms with van der Waals surface area (Å²) in [6.07, 6.45) is 1.89. The van der Waals surface area contributed by atoms with Crippen LogP contribution in [0, 0.1) is 12.8 Å². The number of hydrogen-bond acceptors (Lipinski definition) is 5. The molecule has 2 amide bonds. The molecule has 0 spiro atoms. The second-order valence-corrected chi connectivity index (χ2v) is 6.71. The van der Waals surface area contributed by atoms with Gasteiger partial charge in [0.2, 0.25) is 11.8 Å². The molecule has 1 aliphatic carbocycles. The molecular formula is C21H25N3O4. The van der Waals surface area contributed by atoms with Gasteiger partial charge in [-0.1, -0.05) is 6.07 Å². The minimum Gasteiger partial charge on any atom is -0.497 e. The second kappa shape index (κ2) is 8.65. The van der Waals surface area contributed by atoms with Gasteiger partial charge in [-0.15, -0.1) is 0 Å². The standard InChI is InChI=1S/C21H25N3O4/c1-13-16(5-4-6-17(13)24-21(26)14-7-8-14)23-20(25)12-22-18-11-15(27-2)9-10-19(18)28-3/h4-6,9-11,14,22H,7-8,12H2,1-3H3,(H,23,25)(H,24,26). The fraction of sp³-hybridized carbons (Fsp3) is 0.333. The Morgan fingerprint density at radius 1 is 1.00 bits per heavy atom. The summed E-state index contributed by atoms with van der Waals surface area (Å²) in [5, 5.41) is 8.88. The lowest BCUT2D eigenvalue weighted by Crippen LogP contribution is -2.23. The molecule has 28 heavy (non-hydrogen) atoms. The van der Waals surface area contributed by atoms with Crippen molar-refractivity contribution in [2.75, 3.05) is 36.7 Å². The van der Waals surface area contributed by atoms with Gasteiger partial charge in [0.15, 0.2) is 0 Å². The maximum absolute atomic E-state index is 12.4. The summed E-state index contributed by atoms with van der Waals surface area (Å²) in [5.74, 6) is 1.24. The Kier molecular flexibility index (Phi) is 6.03. The zero-order valence-corrected chi connectivity index (χ0v) is 16.3. The zero-order chi connectivity index (χ0) is 20.1. The van der Waals surface area contributed by atoms with Crippen molar-refractivity contribution in [2.45, 2.75) is 19.8 Å². The SMILES string of the molecule is COc1ccc(OC)c(NCC(=O)Nc2cccc(NC(=O)C3CC3)c2C)c1. The maximum Gasteiger partial charge on any atom is 0.243 e. The van der Waals surface area contributed by atoms with E-state index in [9.17, 15) is 9.59 Å². The van der Waals surface area contributed by atoms with Crippen molar-refractivity contribution < 1.29 is 19.1 Å². The molecule has 3 rings (SSSR count). The van der Waals surface area contributed by atoms with Crippen LogP contribution in [0.1, 0.15) is 18.4 Å². The van der Waals surface area contributed by atoms with E-state index in [1.807, 2.05) is 25.1 Å². The lowest BCUT2D eigenvalue weighted by Gasteiger charge is -2.15. The van der Waals surface area contributed by atoms with Gasteiger partial charge in [-0.05, 0) is 49.6 Å². The molecule has 1 fully saturated rings. The summed E-state index contributed by atoms with van der Waals surface area (Å²) in [4.78, 5) is 24.4. The number of rotatable bonds is 8. The van der Waals surface area contributed by atoms with Gasteiger partial charge in [0, 0.05) is 23.4 Å². The molecule has 0 aliphatic heterocycles. The first kappa shape index (κ1) is 19.5. The van der Waals surface area contributed by atoms with Crippen LogP contribution >= 0.6 is 0 Å². The van der Waals surface area contributed by atoms with E-state index >= 15 is 0 Å². The summed E-state index contributed by atoms with van der Waals surface area (Å²) in [5.41, 5.74) is 2.87. The Morgan fingerprint density at radius 3 is 2.36 bits per heavy atom. The van der Waals surface area contributed by atoms with E-state index in [2.05, 4.69) is 16.0 Å². The molecule has 148 valence electrons. The van der Waals surface area contributed by atoms with Crippen molar-refractivity contribution >= 4 is 28.9 Å². The maximum atomic E-state index is 12.4. The lowest BCUT2D eigenvalue weighted by atomic mass is 10.1. The Morgan fingerprint density at radius 2 is 1.71 bits per heavy atom. The van der Waals surface area contributed by atoms with Crippen LogP contribution in [-0.4, -0.2) is 32.6 Å². The molecule has 7 heteroatoms. The van der Waals surface area contributed by atoms with Gasteiger partial charge in [-0.2, -0.15) is 0 Å². The third kappa shape index (κ3) is 4.73. The number of hydrogen-bond donors (Lipinski definition) is 3. The minimum atomic E-state index is -0.210. The molecule has 0 bridgehead atoms. The number of nitrogens with one attached hydrogen (secondary N) is 3. The molecule has 0 aromatic heterocycles. The van der Waals surface area contributed by atoms with Gasteiger partial charge in [0.1, 0.15) is 11.5 Å². The van der Waals surface area contributed by atoms with E-state index in [0.717, 1.165) is 24.1 Å². The number of anilines is 3. The Labute approximate surface area is 164 Å². The highest BCUT2D eigenvalue weighted by Gasteiger charge is 2.29. The lowest BCUT2D eigenvalue weighted by molar-refractivity contribution is -0.117. The molecule has 0 unspecified atom stereocenters. The number of benzene rings is 2. The number of methoxy groups -OCH3 is 2. The largest absolute Gasteiger partial charge is 0.497 e. The van der Waals surface area contributed by atoms with E-state index in [1.54, 1.807) is 32.4 Å². The molecular weight excluding hydrogens is 358 g/mol. The van der Waals surface area contributed by atoms with Crippen molar-refractivity contribution in [1.29, 1.82) is 0 Å². The highest BCUT2D eigenvalue weighted by molar-refractivity contribution is 5.98. The predicted molar refractivity (Wildman–Crippen MR) is 109 cm³/mol. The van der Waals surface area contributed by atoms with Gasteiger partial charge in [0.25, 0.3) is 0 Å². The van der Waals surface area contributed by atoms with Crippen LogP contribution in [0.3, 0.4) is 0 Å². The summed E-state index contributed by atoms with van der Waals surface area (Å²) < 4.78 is 10.5. The summed E-state index contributed by atoms with van der Waals surface area (Å²) in [6, 6.07) is 10.8. The molecule has 1 saturated carbocycles. The first-order valence-corrected chi connectivity index (χ1v) is 9.18. The summed E-state index contributed by atoms with van der Waals surface area (Å²) >= 11 is 0. The van der Waals surface area contributed by atoms with Crippen molar-refractivity contribution in [3.8, 4) is 11.5 Å². The average Bonchev–Trinajstić information content (AvgIpc) is 3.54. The minimum absolute atomic E-state index is 0.0402. The fourth-order valence-electron chi connectivity index (χ4n) is 2.81. The molecule has 0 radical (unpaired) electrons. The van der Waals surface area contributed by atoms with Crippen LogP contribution < -0.4 is 25.4 Å². The van der Waals surface area contributed by atoms with Gasteiger partial charge >= 0.3 is 0 Å². The summed E-state index contributed by atoms with van der Waals surface area (Å²) in [7, 11) is 3.15. The van der Waals surface area contributed by atoms with Crippen LogP contribution in [0.15, 0.2) is 36.4 Å². The third-order valence-corrected chi connectivity index (χ3v) is 4.66. The molecule has 2 aromatic rings. The zero-order valence-electron chi connectivity index (χ0n) is 16.3. The van der Waals surface area contributed by atoms with E-state index in [1.165, 1.54) is 0 Å². The van der Waals surface area contributed by atoms with Crippen LogP contribution in [0.2, 0.25) is 0 Å². The van der Waals surface area contributed by atoms with Gasteiger partial charge in [-0.25, -0.2) is 0 Å².